The number of halogens is 1. The van der Waals surface area contributed by atoms with Gasteiger partial charge in [0.15, 0.2) is 5.13 Å². The molecule has 0 spiro atoms. The average Bonchev–Trinajstić information content (AvgIpc) is 3.17. The Hall–Kier alpha value is -3.12. The van der Waals surface area contributed by atoms with Crippen LogP contribution in [0.2, 0.25) is 0 Å². The smallest absolute Gasteiger partial charge is 0.233 e. The van der Waals surface area contributed by atoms with Gasteiger partial charge in [-0.1, -0.05) is 42.5 Å². The van der Waals surface area contributed by atoms with E-state index < -0.39 is 0 Å². The van der Waals surface area contributed by atoms with E-state index in [1.165, 1.54) is 29.0 Å². The van der Waals surface area contributed by atoms with Gasteiger partial charge in [0, 0.05) is 12.4 Å². The lowest BCUT2D eigenvalue weighted by molar-refractivity contribution is -0.118. The lowest BCUT2D eigenvalue weighted by Gasteiger charge is -2.20. The van der Waals surface area contributed by atoms with Crippen LogP contribution < -0.4 is 4.90 Å². The van der Waals surface area contributed by atoms with Crippen LogP contribution in [0, 0.1) is 5.82 Å². The van der Waals surface area contributed by atoms with Crippen LogP contribution in [0.5, 0.6) is 0 Å². The number of rotatable bonds is 6. The largest absolute Gasteiger partial charge is 0.283 e. The van der Waals surface area contributed by atoms with E-state index >= 15 is 0 Å². The molecule has 0 saturated carbocycles. The first kappa shape index (κ1) is 19.2. The molecule has 0 fully saturated rings. The molecule has 2 aromatic carbocycles. The van der Waals surface area contributed by atoms with Crippen LogP contribution in [-0.4, -0.2) is 15.9 Å². The number of pyridine rings is 1. The molecule has 2 aromatic heterocycles. The van der Waals surface area contributed by atoms with Gasteiger partial charge in [0.05, 0.1) is 23.2 Å². The number of carbonyl (C=O) groups excluding carboxylic acids is 1. The molecule has 0 N–H and O–H groups in total. The van der Waals surface area contributed by atoms with Crippen molar-refractivity contribution < 1.29 is 9.18 Å². The van der Waals surface area contributed by atoms with E-state index in [4.69, 9.17) is 4.98 Å². The van der Waals surface area contributed by atoms with Crippen molar-refractivity contribution in [3.8, 4) is 0 Å². The topological polar surface area (TPSA) is 46.1 Å². The molecule has 0 aliphatic rings. The number of amides is 1. The molecule has 1 amide bonds. The molecule has 0 bridgehead atoms. The Bertz CT molecular complexity index is 1130. The fourth-order valence-electron chi connectivity index (χ4n) is 3.10. The number of hydrogen-bond acceptors (Lipinski definition) is 4. The standard InChI is InChI=1S/C23H20FN3OS/c1-2-16-7-10-20-21(12-16)29-23(26-20)27(15-18-4-3-11-25-14-18)22(28)13-17-5-8-19(24)9-6-17/h3-12,14H,2,13,15H2,1H3. The Balaban J connectivity index is 1.67. The summed E-state index contributed by atoms with van der Waals surface area (Å²) in [6.45, 7) is 2.50. The van der Waals surface area contributed by atoms with Gasteiger partial charge in [0.25, 0.3) is 0 Å². The maximum absolute atomic E-state index is 13.2. The average molecular weight is 405 g/mol. The zero-order valence-electron chi connectivity index (χ0n) is 16.0. The van der Waals surface area contributed by atoms with Gasteiger partial charge in [-0.15, -0.1) is 0 Å². The molecular weight excluding hydrogens is 385 g/mol. The van der Waals surface area contributed by atoms with Gasteiger partial charge in [-0.25, -0.2) is 9.37 Å². The Morgan fingerprint density at radius 1 is 1.07 bits per heavy atom. The molecule has 4 rings (SSSR count). The van der Waals surface area contributed by atoms with Gasteiger partial charge in [-0.2, -0.15) is 0 Å². The van der Waals surface area contributed by atoms with Crippen molar-refractivity contribution in [1.82, 2.24) is 9.97 Å². The first-order valence-electron chi connectivity index (χ1n) is 9.45. The van der Waals surface area contributed by atoms with Crippen molar-refractivity contribution in [2.75, 3.05) is 4.90 Å². The molecule has 0 unspecified atom stereocenters. The first-order valence-corrected chi connectivity index (χ1v) is 10.3. The third-order valence-corrected chi connectivity index (χ3v) is 5.76. The van der Waals surface area contributed by atoms with Crippen LogP contribution in [0.4, 0.5) is 9.52 Å². The third-order valence-electron chi connectivity index (χ3n) is 4.71. The minimum Gasteiger partial charge on any atom is -0.283 e. The van der Waals surface area contributed by atoms with Gasteiger partial charge in [-0.3, -0.25) is 14.7 Å². The SMILES string of the molecule is CCc1ccc2nc(N(Cc3cccnc3)C(=O)Cc3ccc(F)cc3)sc2c1. The lowest BCUT2D eigenvalue weighted by Crippen LogP contribution is -2.31. The van der Waals surface area contributed by atoms with Crippen LogP contribution in [0.25, 0.3) is 10.2 Å². The second-order valence-corrected chi connectivity index (χ2v) is 7.81. The molecule has 0 atom stereocenters. The van der Waals surface area contributed by atoms with Crippen molar-refractivity contribution in [2.45, 2.75) is 26.3 Å². The number of thiazole rings is 1. The number of nitrogens with zero attached hydrogens (tertiary/aromatic N) is 3. The summed E-state index contributed by atoms with van der Waals surface area (Å²) in [5.41, 5.74) is 3.81. The minimum atomic E-state index is -0.314. The number of hydrogen-bond donors (Lipinski definition) is 0. The van der Waals surface area contributed by atoms with Crippen molar-refractivity contribution in [3.63, 3.8) is 0 Å². The highest BCUT2D eigenvalue weighted by atomic mass is 32.1. The predicted molar refractivity (Wildman–Crippen MR) is 115 cm³/mol. The molecule has 0 radical (unpaired) electrons. The van der Waals surface area contributed by atoms with Crippen molar-refractivity contribution >= 4 is 32.6 Å². The summed E-state index contributed by atoms with van der Waals surface area (Å²) in [5, 5.41) is 0.657. The van der Waals surface area contributed by atoms with Gasteiger partial charge >= 0.3 is 0 Å². The fourth-order valence-corrected chi connectivity index (χ4v) is 4.15. The van der Waals surface area contributed by atoms with E-state index in [0.29, 0.717) is 11.7 Å². The molecule has 4 aromatic rings. The monoisotopic (exact) mass is 405 g/mol. The van der Waals surface area contributed by atoms with Crippen LogP contribution >= 0.6 is 11.3 Å². The van der Waals surface area contributed by atoms with Gasteiger partial charge in [0.1, 0.15) is 5.82 Å². The summed E-state index contributed by atoms with van der Waals surface area (Å²) in [6, 6.07) is 16.0. The van der Waals surface area contributed by atoms with Crippen LogP contribution in [0.3, 0.4) is 0 Å². The number of benzene rings is 2. The molecule has 0 aliphatic carbocycles. The minimum absolute atomic E-state index is 0.0877. The van der Waals surface area contributed by atoms with Crippen LogP contribution in [-0.2, 0) is 24.2 Å². The van der Waals surface area contributed by atoms with Crippen molar-refractivity contribution in [2.24, 2.45) is 0 Å². The fraction of sp³-hybridized carbons (Fsp3) is 0.174. The van der Waals surface area contributed by atoms with Crippen molar-refractivity contribution in [1.29, 1.82) is 0 Å². The van der Waals surface area contributed by atoms with E-state index in [9.17, 15) is 9.18 Å². The van der Waals surface area contributed by atoms with Gasteiger partial charge in [-0.05, 0) is 53.4 Å². The van der Waals surface area contributed by atoms with Gasteiger partial charge in [0.2, 0.25) is 5.91 Å². The summed E-state index contributed by atoms with van der Waals surface area (Å²) < 4.78 is 14.3. The maximum Gasteiger partial charge on any atom is 0.233 e. The quantitative estimate of drug-likeness (QED) is 0.445. The molecule has 2 heterocycles. The summed E-state index contributed by atoms with van der Waals surface area (Å²) in [5.74, 6) is -0.401. The second-order valence-electron chi connectivity index (χ2n) is 6.80. The maximum atomic E-state index is 13.2. The van der Waals surface area contributed by atoms with E-state index in [-0.39, 0.29) is 18.1 Å². The number of aromatic nitrogens is 2. The Morgan fingerprint density at radius 3 is 2.59 bits per heavy atom. The number of fused-ring (bicyclic) bond motifs is 1. The molecule has 0 saturated heterocycles. The predicted octanol–water partition coefficient (Wildman–Crippen LogP) is 5.17. The van der Waals surface area contributed by atoms with Crippen molar-refractivity contribution in [3.05, 3.63) is 89.5 Å². The van der Waals surface area contributed by atoms with E-state index in [1.54, 1.807) is 29.4 Å². The van der Waals surface area contributed by atoms with Gasteiger partial charge < -0.3 is 0 Å². The number of carbonyl (C=O) groups is 1. The summed E-state index contributed by atoms with van der Waals surface area (Å²) in [7, 11) is 0. The zero-order valence-corrected chi connectivity index (χ0v) is 16.8. The number of anilines is 1. The highest BCUT2D eigenvalue weighted by Gasteiger charge is 2.21. The first-order chi connectivity index (χ1) is 14.1. The van der Waals surface area contributed by atoms with E-state index in [1.807, 2.05) is 18.2 Å². The molecular formula is C23H20FN3OS. The number of aryl methyl sites for hydroxylation is 1. The third kappa shape index (κ3) is 4.49. The summed E-state index contributed by atoms with van der Waals surface area (Å²) in [6.07, 6.45) is 4.58. The molecule has 29 heavy (non-hydrogen) atoms. The van der Waals surface area contributed by atoms with E-state index in [0.717, 1.165) is 27.8 Å². The summed E-state index contributed by atoms with van der Waals surface area (Å²) >= 11 is 1.51. The Morgan fingerprint density at radius 2 is 1.86 bits per heavy atom. The molecule has 0 aliphatic heterocycles. The normalized spacial score (nSPS) is 11.0. The second kappa shape index (κ2) is 8.49. The lowest BCUT2D eigenvalue weighted by atomic mass is 10.1. The summed E-state index contributed by atoms with van der Waals surface area (Å²) in [4.78, 5) is 23.7. The van der Waals surface area contributed by atoms with E-state index in [2.05, 4.69) is 24.0 Å². The zero-order chi connectivity index (χ0) is 20.2. The highest BCUT2D eigenvalue weighted by molar-refractivity contribution is 7.22. The van der Waals surface area contributed by atoms with Crippen LogP contribution in [0.15, 0.2) is 67.0 Å². The Labute approximate surface area is 172 Å². The highest BCUT2D eigenvalue weighted by Crippen LogP contribution is 2.31. The van der Waals surface area contributed by atoms with Crippen LogP contribution in [0.1, 0.15) is 23.6 Å². The Kier molecular flexibility index (Phi) is 5.62. The molecule has 6 heteroatoms. The molecule has 146 valence electrons. The molecule has 4 nitrogen and oxygen atoms in total.